The summed E-state index contributed by atoms with van der Waals surface area (Å²) in [6.45, 7) is 5.14. The molecule has 0 radical (unpaired) electrons. The number of carbonyl (C=O) groups is 2. The molecular formula is C32H38N2O9. The van der Waals surface area contributed by atoms with Crippen LogP contribution in [0.3, 0.4) is 0 Å². The maximum absolute atomic E-state index is 13.3. The van der Waals surface area contributed by atoms with Gasteiger partial charge in [-0.15, -0.1) is 0 Å². The Hall–Kier alpha value is -4.22. The summed E-state index contributed by atoms with van der Waals surface area (Å²) in [5.41, 5.74) is 2.72. The first-order chi connectivity index (χ1) is 20.8. The van der Waals surface area contributed by atoms with Crippen LogP contribution in [0.25, 0.3) is 0 Å². The molecule has 0 bridgehead atoms. The van der Waals surface area contributed by atoms with Crippen molar-refractivity contribution in [2.45, 2.75) is 58.2 Å². The summed E-state index contributed by atoms with van der Waals surface area (Å²) in [6.07, 6.45) is 4.30. The molecule has 2 unspecified atom stereocenters. The third-order valence-electron chi connectivity index (χ3n) is 7.35. The fourth-order valence-electron chi connectivity index (χ4n) is 5.19. The second-order valence-electron chi connectivity index (χ2n) is 10.4. The van der Waals surface area contributed by atoms with E-state index in [2.05, 4.69) is 5.32 Å². The molecule has 0 amide bonds. The van der Waals surface area contributed by atoms with Gasteiger partial charge in [0, 0.05) is 36.6 Å². The fourth-order valence-corrected chi connectivity index (χ4v) is 5.19. The highest BCUT2D eigenvalue weighted by atomic mass is 16.7. The third kappa shape index (κ3) is 8.42. The lowest BCUT2D eigenvalue weighted by Crippen LogP contribution is -2.32. The third-order valence-corrected chi connectivity index (χ3v) is 7.35. The molecule has 1 fully saturated rings. The molecule has 2 aliphatic rings. The number of nitrogens with one attached hydrogen (secondary N) is 1. The van der Waals surface area contributed by atoms with E-state index in [1.165, 1.54) is 25.3 Å². The predicted molar refractivity (Wildman–Crippen MR) is 157 cm³/mol. The Morgan fingerprint density at radius 2 is 1.74 bits per heavy atom. The minimum absolute atomic E-state index is 0.0756. The van der Waals surface area contributed by atoms with Crippen LogP contribution in [0.5, 0.6) is 5.75 Å². The van der Waals surface area contributed by atoms with Crippen molar-refractivity contribution in [3.63, 3.8) is 0 Å². The van der Waals surface area contributed by atoms with E-state index in [0.29, 0.717) is 42.3 Å². The molecule has 0 aliphatic carbocycles. The number of ether oxygens (including phenoxy) is 5. The maximum atomic E-state index is 13.3. The van der Waals surface area contributed by atoms with Gasteiger partial charge in [0.05, 0.1) is 48.9 Å². The summed E-state index contributed by atoms with van der Waals surface area (Å²) >= 11 is 0. The molecule has 0 aromatic heterocycles. The topological polar surface area (TPSA) is 135 Å². The van der Waals surface area contributed by atoms with Gasteiger partial charge in [0.1, 0.15) is 5.75 Å². The SMILES string of the molecule is COC(=O)C1=C(C)NC(C)=C(C(=O)OCCCOc2ccc(CCOC3CCCCO3)cc2)C1c1cccc([N+](=O)[O-])c1. The summed E-state index contributed by atoms with van der Waals surface area (Å²) in [5, 5.41) is 14.5. The lowest BCUT2D eigenvalue weighted by atomic mass is 9.80. The molecule has 230 valence electrons. The number of nitro benzene ring substituents is 1. The highest BCUT2D eigenvalue weighted by molar-refractivity contribution is 5.99. The van der Waals surface area contributed by atoms with Gasteiger partial charge in [-0.2, -0.15) is 0 Å². The Balaban J connectivity index is 1.31. The van der Waals surface area contributed by atoms with E-state index >= 15 is 0 Å². The molecule has 0 saturated carbocycles. The molecule has 2 aromatic rings. The molecule has 2 heterocycles. The van der Waals surface area contributed by atoms with E-state index in [9.17, 15) is 19.7 Å². The lowest BCUT2D eigenvalue weighted by Gasteiger charge is -2.30. The second-order valence-corrected chi connectivity index (χ2v) is 10.4. The largest absolute Gasteiger partial charge is 0.493 e. The van der Waals surface area contributed by atoms with E-state index < -0.39 is 22.8 Å². The molecule has 0 spiro atoms. The van der Waals surface area contributed by atoms with Gasteiger partial charge in [-0.1, -0.05) is 24.3 Å². The number of nitrogens with zero attached hydrogens (tertiary/aromatic N) is 1. The molecule has 11 nitrogen and oxygen atoms in total. The number of methoxy groups -OCH3 is 1. The number of hydrogen-bond acceptors (Lipinski definition) is 10. The molecule has 1 saturated heterocycles. The van der Waals surface area contributed by atoms with Crippen LogP contribution in [0.15, 0.2) is 71.1 Å². The lowest BCUT2D eigenvalue weighted by molar-refractivity contribution is -0.384. The van der Waals surface area contributed by atoms with Gasteiger partial charge in [0.25, 0.3) is 5.69 Å². The average Bonchev–Trinajstić information content (AvgIpc) is 3.01. The Labute approximate surface area is 250 Å². The minimum atomic E-state index is -0.906. The van der Waals surface area contributed by atoms with Gasteiger partial charge in [0.15, 0.2) is 6.29 Å². The van der Waals surface area contributed by atoms with Gasteiger partial charge in [-0.3, -0.25) is 10.1 Å². The number of rotatable bonds is 13. The van der Waals surface area contributed by atoms with Crippen LogP contribution in [0.2, 0.25) is 0 Å². The van der Waals surface area contributed by atoms with Gasteiger partial charge < -0.3 is 29.0 Å². The van der Waals surface area contributed by atoms with E-state index in [-0.39, 0.29) is 29.7 Å². The van der Waals surface area contributed by atoms with Crippen molar-refractivity contribution in [2.75, 3.05) is 33.5 Å². The maximum Gasteiger partial charge on any atom is 0.336 e. The standard InChI is InChI=1S/C32H38N2O9/c1-21-28(31(35)39-3)30(24-8-6-9-25(20-24)34(37)38)29(22(2)33-21)32(36)43-18-7-17-40-26-13-11-23(12-14-26)15-19-42-27-10-4-5-16-41-27/h6,8-9,11-14,20,27,30,33H,4-5,7,10,15-19H2,1-3H3. The van der Waals surface area contributed by atoms with Gasteiger partial charge in [0.2, 0.25) is 0 Å². The number of nitro groups is 1. The molecule has 11 heteroatoms. The summed E-state index contributed by atoms with van der Waals surface area (Å²) in [4.78, 5) is 37.0. The molecule has 4 rings (SSSR count). The monoisotopic (exact) mass is 594 g/mol. The van der Waals surface area contributed by atoms with Crippen LogP contribution < -0.4 is 10.1 Å². The van der Waals surface area contributed by atoms with Crippen molar-refractivity contribution in [1.29, 1.82) is 0 Å². The van der Waals surface area contributed by atoms with Gasteiger partial charge >= 0.3 is 11.9 Å². The zero-order chi connectivity index (χ0) is 30.8. The van der Waals surface area contributed by atoms with Crippen LogP contribution in [0.1, 0.15) is 56.6 Å². The number of allylic oxidation sites excluding steroid dienone is 2. The van der Waals surface area contributed by atoms with Crippen molar-refractivity contribution < 1.29 is 38.2 Å². The van der Waals surface area contributed by atoms with E-state index in [4.69, 9.17) is 23.7 Å². The van der Waals surface area contributed by atoms with E-state index in [1.54, 1.807) is 19.9 Å². The minimum Gasteiger partial charge on any atom is -0.493 e. The summed E-state index contributed by atoms with van der Waals surface area (Å²) in [6, 6.07) is 13.6. The molecular weight excluding hydrogens is 556 g/mol. The predicted octanol–water partition coefficient (Wildman–Crippen LogP) is 5.10. The number of benzene rings is 2. The number of esters is 2. The molecule has 1 N–H and O–H groups in total. The molecule has 2 atom stereocenters. The van der Waals surface area contributed by atoms with Crippen LogP contribution in [0.4, 0.5) is 5.69 Å². The van der Waals surface area contributed by atoms with Crippen molar-refractivity contribution in [3.05, 3.63) is 92.3 Å². The van der Waals surface area contributed by atoms with Crippen molar-refractivity contribution >= 4 is 17.6 Å². The first-order valence-electron chi connectivity index (χ1n) is 14.4. The number of dihydropyridines is 1. The van der Waals surface area contributed by atoms with Gasteiger partial charge in [-0.25, -0.2) is 9.59 Å². The van der Waals surface area contributed by atoms with Crippen LogP contribution in [0, 0.1) is 10.1 Å². The fraction of sp³-hybridized carbons (Fsp3) is 0.438. The van der Waals surface area contributed by atoms with Crippen molar-refractivity contribution in [2.24, 2.45) is 0 Å². The normalized spacial score (nSPS) is 18.6. The Morgan fingerprint density at radius 1 is 1.00 bits per heavy atom. The average molecular weight is 595 g/mol. The summed E-state index contributed by atoms with van der Waals surface area (Å²) in [5.74, 6) is -1.49. The molecule has 43 heavy (non-hydrogen) atoms. The molecule has 2 aliphatic heterocycles. The van der Waals surface area contributed by atoms with Crippen molar-refractivity contribution in [3.8, 4) is 5.75 Å². The highest BCUT2D eigenvalue weighted by Crippen LogP contribution is 2.40. The quantitative estimate of drug-likeness (QED) is 0.144. The Kier molecular flexibility index (Phi) is 11.3. The Bertz CT molecular complexity index is 1360. The highest BCUT2D eigenvalue weighted by Gasteiger charge is 2.38. The summed E-state index contributed by atoms with van der Waals surface area (Å²) < 4.78 is 27.8. The number of non-ortho nitro benzene ring substituents is 1. The van der Waals surface area contributed by atoms with Crippen molar-refractivity contribution in [1.82, 2.24) is 5.32 Å². The van der Waals surface area contributed by atoms with E-state index in [1.807, 2.05) is 24.3 Å². The summed E-state index contributed by atoms with van der Waals surface area (Å²) in [7, 11) is 1.24. The van der Waals surface area contributed by atoms with Crippen LogP contribution in [-0.2, 0) is 35.0 Å². The van der Waals surface area contributed by atoms with Crippen LogP contribution >= 0.6 is 0 Å². The zero-order valence-corrected chi connectivity index (χ0v) is 24.8. The van der Waals surface area contributed by atoms with E-state index in [0.717, 1.165) is 37.9 Å². The number of hydrogen-bond donors (Lipinski definition) is 1. The van der Waals surface area contributed by atoms with Gasteiger partial charge in [-0.05, 0) is 62.8 Å². The molecule has 2 aromatic carbocycles. The second kappa shape index (κ2) is 15.3. The number of carbonyl (C=O) groups excluding carboxylic acids is 2. The smallest absolute Gasteiger partial charge is 0.336 e. The first kappa shape index (κ1) is 31.7. The Morgan fingerprint density at radius 3 is 2.42 bits per heavy atom. The van der Waals surface area contributed by atoms with Crippen LogP contribution in [-0.4, -0.2) is 56.7 Å². The first-order valence-corrected chi connectivity index (χ1v) is 14.4. The zero-order valence-electron chi connectivity index (χ0n) is 24.8.